The van der Waals surface area contributed by atoms with Crippen LogP contribution >= 0.6 is 0 Å². The van der Waals surface area contributed by atoms with Crippen LogP contribution in [0.3, 0.4) is 0 Å². The van der Waals surface area contributed by atoms with Crippen molar-refractivity contribution in [2.24, 2.45) is 0 Å². The van der Waals surface area contributed by atoms with Gasteiger partial charge in [0.05, 0.1) is 33.7 Å². The summed E-state index contributed by atoms with van der Waals surface area (Å²) in [6, 6.07) is 0. The van der Waals surface area contributed by atoms with E-state index in [0.717, 1.165) is 19.1 Å². The molecule has 0 saturated heterocycles. The molecule has 0 aliphatic rings. The third-order valence-electron chi connectivity index (χ3n) is 2.51. The van der Waals surface area contributed by atoms with Crippen molar-refractivity contribution in [3.05, 3.63) is 0 Å². The molecule has 0 aliphatic heterocycles. The van der Waals surface area contributed by atoms with Crippen LogP contribution in [0.25, 0.3) is 0 Å². The number of aliphatic carboxylic acids is 1. The van der Waals surface area contributed by atoms with E-state index < -0.39 is 5.97 Å². The standard InChI is InChI=1S/C13H25NO4/c1-5-6-11(7-8-15)18-12(9-13(16)17)10-14(2,3)4/h8,11-12H,5-7,9-10H2,1-4H3/p+1/t11?,12-/m1/s1. The average Bonchev–Trinajstić information content (AvgIpc) is 2.14. The number of nitrogens with zero attached hydrogens (tertiary/aromatic N) is 1. The van der Waals surface area contributed by atoms with Crippen LogP contribution in [-0.2, 0) is 14.3 Å². The van der Waals surface area contributed by atoms with Crippen molar-refractivity contribution in [1.29, 1.82) is 0 Å². The van der Waals surface area contributed by atoms with Gasteiger partial charge in [-0.1, -0.05) is 13.3 Å². The first kappa shape index (κ1) is 17.1. The Bertz CT molecular complexity index is 260. The number of carboxylic acid groups (broad SMARTS) is 1. The van der Waals surface area contributed by atoms with E-state index in [2.05, 4.69) is 0 Å². The molecule has 1 unspecified atom stereocenters. The van der Waals surface area contributed by atoms with Crippen LogP contribution in [-0.4, -0.2) is 61.7 Å². The molecule has 2 atom stereocenters. The Morgan fingerprint density at radius 3 is 2.33 bits per heavy atom. The number of carboxylic acids is 1. The Balaban J connectivity index is 4.52. The fourth-order valence-corrected chi connectivity index (χ4v) is 1.90. The molecule has 1 N–H and O–H groups in total. The van der Waals surface area contributed by atoms with Gasteiger partial charge in [-0.3, -0.25) is 4.79 Å². The van der Waals surface area contributed by atoms with Crippen molar-refractivity contribution < 1.29 is 23.9 Å². The van der Waals surface area contributed by atoms with Crippen molar-refractivity contribution in [2.75, 3.05) is 27.7 Å². The molecule has 0 radical (unpaired) electrons. The fraction of sp³-hybridized carbons (Fsp3) is 0.846. The Morgan fingerprint density at radius 2 is 1.94 bits per heavy atom. The molecule has 18 heavy (non-hydrogen) atoms. The lowest BCUT2D eigenvalue weighted by molar-refractivity contribution is -0.873. The summed E-state index contributed by atoms with van der Waals surface area (Å²) in [6.07, 6.45) is 2.34. The monoisotopic (exact) mass is 260 g/mol. The summed E-state index contributed by atoms with van der Waals surface area (Å²) >= 11 is 0. The summed E-state index contributed by atoms with van der Waals surface area (Å²) in [4.78, 5) is 21.4. The molecule has 0 aromatic carbocycles. The Kier molecular flexibility index (Phi) is 7.78. The third kappa shape index (κ3) is 9.13. The van der Waals surface area contributed by atoms with Gasteiger partial charge in [-0.2, -0.15) is 0 Å². The minimum absolute atomic E-state index is 0.0193. The second-order valence-corrected chi connectivity index (χ2v) is 5.64. The number of aldehydes is 1. The van der Waals surface area contributed by atoms with Gasteiger partial charge >= 0.3 is 5.97 Å². The normalized spacial score (nSPS) is 15.1. The first-order chi connectivity index (χ1) is 8.28. The predicted molar refractivity (Wildman–Crippen MR) is 69.4 cm³/mol. The van der Waals surface area contributed by atoms with Crippen LogP contribution in [0.15, 0.2) is 0 Å². The fourth-order valence-electron chi connectivity index (χ4n) is 1.90. The molecule has 0 aromatic heterocycles. The van der Waals surface area contributed by atoms with Crippen LogP contribution < -0.4 is 0 Å². The molecule has 0 fully saturated rings. The van der Waals surface area contributed by atoms with Gasteiger partial charge < -0.3 is 19.1 Å². The first-order valence-electron chi connectivity index (χ1n) is 6.39. The van der Waals surface area contributed by atoms with Crippen LogP contribution in [0.1, 0.15) is 32.6 Å². The maximum atomic E-state index is 10.8. The number of carbonyl (C=O) groups excluding carboxylic acids is 1. The minimum Gasteiger partial charge on any atom is -0.481 e. The Morgan fingerprint density at radius 1 is 1.33 bits per heavy atom. The van der Waals surface area contributed by atoms with Gasteiger partial charge in [-0.05, 0) is 6.42 Å². The maximum absolute atomic E-state index is 10.8. The molecular formula is C13H26NO4+. The first-order valence-corrected chi connectivity index (χ1v) is 6.39. The van der Waals surface area contributed by atoms with E-state index >= 15 is 0 Å². The van der Waals surface area contributed by atoms with Gasteiger partial charge in [0.15, 0.2) is 0 Å². The zero-order chi connectivity index (χ0) is 14.2. The largest absolute Gasteiger partial charge is 0.481 e. The minimum atomic E-state index is -0.866. The molecule has 5 heteroatoms. The van der Waals surface area contributed by atoms with Crippen LogP contribution in [0.2, 0.25) is 0 Å². The van der Waals surface area contributed by atoms with Gasteiger partial charge in [0.1, 0.15) is 18.9 Å². The highest BCUT2D eigenvalue weighted by molar-refractivity contribution is 5.67. The van der Waals surface area contributed by atoms with E-state index in [1.54, 1.807) is 0 Å². The van der Waals surface area contributed by atoms with Crippen LogP contribution in [0.5, 0.6) is 0 Å². The van der Waals surface area contributed by atoms with Gasteiger partial charge in [-0.25, -0.2) is 0 Å². The number of carbonyl (C=O) groups is 2. The van der Waals surface area contributed by atoms with E-state index in [9.17, 15) is 9.59 Å². The summed E-state index contributed by atoms with van der Waals surface area (Å²) in [5, 5.41) is 8.90. The second-order valence-electron chi connectivity index (χ2n) is 5.64. The van der Waals surface area contributed by atoms with E-state index in [4.69, 9.17) is 9.84 Å². The lowest BCUT2D eigenvalue weighted by atomic mass is 10.1. The molecule has 0 bridgehead atoms. The van der Waals surface area contributed by atoms with E-state index in [-0.39, 0.29) is 18.6 Å². The SMILES string of the molecule is CCCC(CC=O)O[C@H](CC(=O)O)C[N+](C)(C)C. The van der Waals surface area contributed by atoms with Gasteiger partial charge in [0.2, 0.25) is 0 Å². The van der Waals surface area contributed by atoms with Gasteiger partial charge in [0, 0.05) is 6.42 Å². The molecule has 0 heterocycles. The number of rotatable bonds is 10. The number of hydrogen-bond acceptors (Lipinski definition) is 3. The lowest BCUT2D eigenvalue weighted by Gasteiger charge is -2.30. The zero-order valence-corrected chi connectivity index (χ0v) is 11.9. The van der Waals surface area contributed by atoms with Crippen molar-refractivity contribution in [1.82, 2.24) is 0 Å². The summed E-state index contributed by atoms with van der Waals surface area (Å²) in [7, 11) is 5.98. The molecule has 0 saturated carbocycles. The Hall–Kier alpha value is -0.940. The molecular weight excluding hydrogens is 234 g/mol. The molecule has 0 aliphatic carbocycles. The van der Waals surface area contributed by atoms with Crippen molar-refractivity contribution in [3.63, 3.8) is 0 Å². The predicted octanol–water partition coefficient (Wildman–Crippen LogP) is 1.31. The summed E-state index contributed by atoms with van der Waals surface area (Å²) < 4.78 is 6.43. The molecule has 0 aromatic rings. The highest BCUT2D eigenvalue weighted by atomic mass is 16.5. The number of hydrogen-bond donors (Lipinski definition) is 1. The summed E-state index contributed by atoms with van der Waals surface area (Å²) in [6.45, 7) is 2.64. The molecule has 0 rings (SSSR count). The summed E-state index contributed by atoms with van der Waals surface area (Å²) in [5.41, 5.74) is 0. The molecule has 0 spiro atoms. The third-order valence-corrected chi connectivity index (χ3v) is 2.51. The highest BCUT2D eigenvalue weighted by Gasteiger charge is 2.24. The van der Waals surface area contributed by atoms with Crippen LogP contribution in [0.4, 0.5) is 0 Å². The number of quaternary nitrogens is 1. The quantitative estimate of drug-likeness (QED) is 0.475. The number of ether oxygens (including phenoxy) is 1. The van der Waals surface area contributed by atoms with Crippen molar-refractivity contribution in [2.45, 2.75) is 44.8 Å². The summed E-state index contributed by atoms with van der Waals surface area (Å²) in [5.74, 6) is -0.866. The maximum Gasteiger partial charge on any atom is 0.306 e. The zero-order valence-electron chi connectivity index (χ0n) is 11.9. The van der Waals surface area contributed by atoms with Gasteiger partial charge in [0.25, 0.3) is 0 Å². The molecule has 0 amide bonds. The van der Waals surface area contributed by atoms with Crippen molar-refractivity contribution >= 4 is 12.3 Å². The Labute approximate surface area is 109 Å². The highest BCUT2D eigenvalue weighted by Crippen LogP contribution is 2.13. The van der Waals surface area contributed by atoms with Crippen LogP contribution in [0, 0.1) is 0 Å². The smallest absolute Gasteiger partial charge is 0.306 e. The molecule has 106 valence electrons. The van der Waals surface area contributed by atoms with Crippen molar-refractivity contribution in [3.8, 4) is 0 Å². The van der Waals surface area contributed by atoms with E-state index in [1.165, 1.54) is 0 Å². The van der Waals surface area contributed by atoms with Gasteiger partial charge in [-0.15, -0.1) is 0 Å². The second kappa shape index (κ2) is 8.21. The lowest BCUT2D eigenvalue weighted by Crippen LogP contribution is -2.44. The van der Waals surface area contributed by atoms with E-state index in [1.807, 2.05) is 28.1 Å². The topological polar surface area (TPSA) is 63.6 Å². The average molecular weight is 260 g/mol. The van der Waals surface area contributed by atoms with E-state index in [0.29, 0.717) is 17.4 Å². The number of likely N-dealkylation sites (N-methyl/N-ethyl adjacent to an activating group) is 1. The molecule has 5 nitrogen and oxygen atoms in total.